The van der Waals surface area contributed by atoms with Crippen LogP contribution in [0.15, 0.2) is 18.2 Å². The third kappa shape index (κ3) is 2.52. The first kappa shape index (κ1) is 13.0. The average molecular weight is 245 g/mol. The number of sulfone groups is 1. The Labute approximate surface area is 95.4 Å². The second-order valence-electron chi connectivity index (χ2n) is 4.68. The number of hydrogen-bond acceptors (Lipinski definition) is 3. The zero-order valence-electron chi connectivity index (χ0n) is 9.62. The van der Waals surface area contributed by atoms with Crippen LogP contribution in [-0.4, -0.2) is 13.2 Å². The fourth-order valence-electron chi connectivity index (χ4n) is 1.13. The van der Waals surface area contributed by atoms with Gasteiger partial charge in [0.15, 0.2) is 9.84 Å². The summed E-state index contributed by atoms with van der Waals surface area (Å²) in [5, 5.41) is 0. The maximum atomic E-state index is 13.4. The van der Waals surface area contributed by atoms with E-state index in [1.807, 2.05) is 0 Å². The summed E-state index contributed by atoms with van der Waals surface area (Å²) in [7, 11) is -3.42. The molecular weight excluding hydrogens is 229 g/mol. The predicted molar refractivity (Wildman–Crippen MR) is 63.2 cm³/mol. The van der Waals surface area contributed by atoms with Gasteiger partial charge in [0.1, 0.15) is 5.82 Å². The van der Waals surface area contributed by atoms with Crippen molar-refractivity contribution in [1.82, 2.24) is 0 Å². The van der Waals surface area contributed by atoms with E-state index in [1.54, 1.807) is 20.8 Å². The molecule has 0 heterocycles. The lowest BCUT2D eigenvalue weighted by Crippen LogP contribution is -2.29. The Morgan fingerprint density at radius 1 is 1.31 bits per heavy atom. The number of nitrogens with two attached hydrogens (primary N) is 1. The number of hydrogen-bond donors (Lipinski definition) is 1. The third-order valence-corrected chi connectivity index (χ3v) is 4.96. The highest BCUT2D eigenvalue weighted by Gasteiger charge is 2.30. The molecule has 0 saturated carbocycles. The van der Waals surface area contributed by atoms with Crippen molar-refractivity contribution in [2.75, 3.05) is 5.73 Å². The molecular formula is C11H16FNO2S. The Bertz CT molecular complexity index is 469. The number of benzene rings is 1. The van der Waals surface area contributed by atoms with E-state index in [-0.39, 0.29) is 17.0 Å². The number of anilines is 1. The van der Waals surface area contributed by atoms with Gasteiger partial charge in [0.2, 0.25) is 0 Å². The molecule has 16 heavy (non-hydrogen) atoms. The molecule has 0 fully saturated rings. The van der Waals surface area contributed by atoms with Crippen LogP contribution < -0.4 is 5.73 Å². The third-order valence-electron chi connectivity index (χ3n) is 2.42. The summed E-state index contributed by atoms with van der Waals surface area (Å²) in [6.07, 6.45) is 0. The minimum Gasteiger partial charge on any atom is -0.398 e. The lowest BCUT2D eigenvalue weighted by molar-refractivity contribution is 0.555. The van der Waals surface area contributed by atoms with E-state index in [2.05, 4.69) is 0 Å². The summed E-state index contributed by atoms with van der Waals surface area (Å²) >= 11 is 0. The van der Waals surface area contributed by atoms with Crippen LogP contribution in [-0.2, 0) is 15.6 Å². The molecule has 5 heteroatoms. The summed E-state index contributed by atoms with van der Waals surface area (Å²) in [6, 6.07) is 4.17. The predicted octanol–water partition coefficient (Wildman–Crippen LogP) is 2.12. The molecule has 1 aromatic rings. The molecule has 0 aliphatic heterocycles. The first-order valence-corrected chi connectivity index (χ1v) is 6.55. The van der Waals surface area contributed by atoms with Crippen molar-refractivity contribution in [3.63, 3.8) is 0 Å². The fraction of sp³-hybridized carbons (Fsp3) is 0.455. The lowest BCUT2D eigenvalue weighted by Gasteiger charge is -2.19. The van der Waals surface area contributed by atoms with Crippen LogP contribution in [0.5, 0.6) is 0 Å². The van der Waals surface area contributed by atoms with Gasteiger partial charge in [0.05, 0.1) is 10.5 Å². The fourth-order valence-corrected chi connectivity index (χ4v) is 2.25. The highest BCUT2D eigenvalue weighted by molar-refractivity contribution is 7.91. The second-order valence-corrected chi connectivity index (χ2v) is 7.42. The monoisotopic (exact) mass is 245 g/mol. The molecule has 0 radical (unpaired) electrons. The summed E-state index contributed by atoms with van der Waals surface area (Å²) in [5.74, 6) is -0.942. The normalized spacial score (nSPS) is 12.8. The summed E-state index contributed by atoms with van der Waals surface area (Å²) in [6.45, 7) is 4.75. The van der Waals surface area contributed by atoms with Gasteiger partial charge < -0.3 is 5.73 Å². The van der Waals surface area contributed by atoms with Crippen molar-refractivity contribution in [1.29, 1.82) is 0 Å². The van der Waals surface area contributed by atoms with E-state index in [4.69, 9.17) is 5.73 Å². The van der Waals surface area contributed by atoms with E-state index in [9.17, 15) is 12.8 Å². The first-order valence-electron chi connectivity index (χ1n) is 4.90. The second kappa shape index (κ2) is 4.05. The van der Waals surface area contributed by atoms with Gasteiger partial charge in [-0.05, 0) is 32.9 Å². The van der Waals surface area contributed by atoms with Crippen LogP contribution in [0.25, 0.3) is 0 Å². The number of nitrogen functional groups attached to an aromatic ring is 1. The molecule has 1 aromatic carbocycles. The molecule has 0 bridgehead atoms. The molecule has 0 aliphatic carbocycles. The van der Waals surface area contributed by atoms with Crippen molar-refractivity contribution >= 4 is 15.5 Å². The van der Waals surface area contributed by atoms with Gasteiger partial charge in [-0.1, -0.05) is 6.07 Å². The van der Waals surface area contributed by atoms with Gasteiger partial charge in [-0.2, -0.15) is 0 Å². The zero-order valence-corrected chi connectivity index (χ0v) is 10.4. The molecule has 3 nitrogen and oxygen atoms in total. The van der Waals surface area contributed by atoms with E-state index in [0.29, 0.717) is 0 Å². The van der Waals surface area contributed by atoms with Gasteiger partial charge >= 0.3 is 0 Å². The van der Waals surface area contributed by atoms with Gasteiger partial charge in [0.25, 0.3) is 0 Å². The van der Waals surface area contributed by atoms with Gasteiger partial charge in [-0.3, -0.25) is 0 Å². The molecule has 90 valence electrons. The van der Waals surface area contributed by atoms with E-state index in [1.165, 1.54) is 18.2 Å². The molecule has 1 rings (SSSR count). The molecule has 0 aliphatic rings. The number of rotatable bonds is 2. The molecule has 0 aromatic heterocycles. The van der Waals surface area contributed by atoms with E-state index < -0.39 is 20.4 Å². The minimum atomic E-state index is -3.42. The van der Waals surface area contributed by atoms with E-state index in [0.717, 1.165) is 0 Å². The van der Waals surface area contributed by atoms with Crippen LogP contribution in [0.3, 0.4) is 0 Å². The molecule has 0 amide bonds. The SMILES string of the molecule is CC(C)(C)S(=O)(=O)Cc1c(N)cccc1F. The van der Waals surface area contributed by atoms with Crippen molar-refractivity contribution < 1.29 is 12.8 Å². The first-order chi connectivity index (χ1) is 7.15. The lowest BCUT2D eigenvalue weighted by atomic mass is 10.2. The van der Waals surface area contributed by atoms with Crippen LogP contribution in [0.2, 0.25) is 0 Å². The Kier molecular flexibility index (Phi) is 3.28. The standard InChI is InChI=1S/C11H16FNO2S/c1-11(2,3)16(14,15)7-8-9(12)5-4-6-10(8)13/h4-6H,7,13H2,1-3H3. The van der Waals surface area contributed by atoms with Gasteiger partial charge in [-0.15, -0.1) is 0 Å². The van der Waals surface area contributed by atoms with Crippen LogP contribution in [0.1, 0.15) is 26.3 Å². The van der Waals surface area contributed by atoms with Gasteiger partial charge in [0, 0.05) is 11.3 Å². The largest absolute Gasteiger partial charge is 0.398 e. The zero-order chi connectivity index (χ0) is 12.6. The van der Waals surface area contributed by atoms with Crippen molar-refractivity contribution in [2.24, 2.45) is 0 Å². The minimum absolute atomic E-state index is 0.0532. The topological polar surface area (TPSA) is 60.2 Å². The highest BCUT2D eigenvalue weighted by Crippen LogP contribution is 2.25. The number of halogens is 1. The Morgan fingerprint density at radius 3 is 2.31 bits per heavy atom. The molecule has 0 saturated heterocycles. The maximum absolute atomic E-state index is 13.4. The Hall–Kier alpha value is -1.10. The van der Waals surface area contributed by atoms with Crippen LogP contribution in [0.4, 0.5) is 10.1 Å². The van der Waals surface area contributed by atoms with Crippen molar-refractivity contribution in [3.8, 4) is 0 Å². The Morgan fingerprint density at radius 2 is 1.88 bits per heavy atom. The van der Waals surface area contributed by atoms with E-state index >= 15 is 0 Å². The van der Waals surface area contributed by atoms with Crippen LogP contribution in [0, 0.1) is 5.82 Å². The molecule has 2 N–H and O–H groups in total. The smallest absolute Gasteiger partial charge is 0.159 e. The summed E-state index contributed by atoms with van der Waals surface area (Å²) in [4.78, 5) is 0. The van der Waals surface area contributed by atoms with Crippen molar-refractivity contribution in [2.45, 2.75) is 31.3 Å². The van der Waals surface area contributed by atoms with Gasteiger partial charge in [-0.25, -0.2) is 12.8 Å². The Balaban J connectivity index is 3.17. The highest BCUT2D eigenvalue weighted by atomic mass is 32.2. The maximum Gasteiger partial charge on any atom is 0.159 e. The quantitative estimate of drug-likeness (QED) is 0.812. The molecule has 0 unspecified atom stereocenters. The molecule has 0 atom stereocenters. The summed E-state index contributed by atoms with van der Waals surface area (Å²) < 4.78 is 36.3. The summed E-state index contributed by atoms with van der Waals surface area (Å²) in [5.41, 5.74) is 5.79. The van der Waals surface area contributed by atoms with Crippen molar-refractivity contribution in [3.05, 3.63) is 29.6 Å². The average Bonchev–Trinajstić information content (AvgIpc) is 2.10. The molecule has 0 spiro atoms. The van der Waals surface area contributed by atoms with Crippen LogP contribution >= 0.6 is 0 Å².